The summed E-state index contributed by atoms with van der Waals surface area (Å²) < 4.78 is 11.0. The van der Waals surface area contributed by atoms with Gasteiger partial charge in [-0.05, 0) is 59.6 Å². The Morgan fingerprint density at radius 3 is 1.94 bits per heavy atom. The fourth-order valence-corrected chi connectivity index (χ4v) is 6.14. The number of aliphatic carboxylic acids is 1. The van der Waals surface area contributed by atoms with Crippen LogP contribution < -0.4 is 15.4 Å². The zero-order valence-electron chi connectivity index (χ0n) is 31.0. The summed E-state index contributed by atoms with van der Waals surface area (Å²) in [6.45, 7) is 20.6. The second kappa shape index (κ2) is 16.8. The van der Waals surface area contributed by atoms with Gasteiger partial charge in [0.25, 0.3) is 0 Å². The molecule has 0 aromatic heterocycles. The summed E-state index contributed by atoms with van der Waals surface area (Å²) in [6.07, 6.45) is -5.27. The number of benzene rings is 1. The van der Waals surface area contributed by atoms with E-state index in [0.717, 1.165) is 18.4 Å². The topological polar surface area (TPSA) is 192 Å². The normalized spacial score (nSPS) is 21.9. The molecule has 49 heavy (non-hydrogen) atoms. The van der Waals surface area contributed by atoms with Crippen LogP contribution in [0.25, 0.3) is 0 Å². The average molecular weight is 693 g/mol. The number of ketones is 1. The Hall–Kier alpha value is -3.06. The highest BCUT2D eigenvalue weighted by Gasteiger charge is 2.48. The first kappa shape index (κ1) is 42.1. The third-order valence-electron chi connectivity index (χ3n) is 8.63. The Morgan fingerprint density at radius 2 is 1.39 bits per heavy atom. The minimum atomic E-state index is -1.87. The molecule has 12 nitrogen and oxygen atoms in total. The van der Waals surface area contributed by atoms with Gasteiger partial charge in [0, 0.05) is 31.2 Å². The van der Waals surface area contributed by atoms with Crippen molar-refractivity contribution in [3.8, 4) is 5.75 Å². The molecular formula is C37H60N2O10. The largest absolute Gasteiger partial charge is 0.479 e. The van der Waals surface area contributed by atoms with Gasteiger partial charge in [-0.3, -0.25) is 14.4 Å². The van der Waals surface area contributed by atoms with E-state index in [1.54, 1.807) is 18.2 Å². The molecule has 0 bridgehead atoms. The summed E-state index contributed by atoms with van der Waals surface area (Å²) in [7, 11) is 0. The molecule has 0 spiro atoms. The van der Waals surface area contributed by atoms with Crippen LogP contribution in [0.15, 0.2) is 18.2 Å². The van der Waals surface area contributed by atoms with Gasteiger partial charge in [0.2, 0.25) is 18.1 Å². The molecule has 6 N–H and O–H groups in total. The molecule has 0 unspecified atom stereocenters. The van der Waals surface area contributed by atoms with Crippen molar-refractivity contribution in [3.05, 3.63) is 23.8 Å². The molecule has 278 valence electrons. The highest BCUT2D eigenvalue weighted by atomic mass is 16.7. The Bertz CT molecular complexity index is 1310. The molecule has 1 aliphatic heterocycles. The lowest BCUT2D eigenvalue weighted by Crippen LogP contribution is -2.61. The highest BCUT2D eigenvalue weighted by molar-refractivity contribution is 5.92. The Labute approximate surface area is 291 Å². The standard InChI is InChI=1S/C37H60N2O10/c1-34(2,3)20-22-11-12-24(48-33-30(45)28(43)29(44)31(49-33)32(46)47)23(19-22)39-27(42)15-18-38-26(41)14-17-37(9,10)21-36(7,8)16-13-25(40)35(4,5)6/h11-12,19,28-31,33,43-45H,13-18,20-21H2,1-10H3,(H,38,41)(H,39,42)(H,46,47)/t28-,29-,30+,31-,33+/m0/s1. The number of ether oxygens (including phenoxy) is 2. The zero-order chi connectivity index (χ0) is 37.5. The number of aliphatic hydroxyl groups excluding tert-OH is 3. The number of aliphatic hydroxyl groups is 3. The van der Waals surface area contributed by atoms with Crippen molar-refractivity contribution in [2.45, 2.75) is 145 Å². The SMILES string of the molecule is CC(C)(C)Cc1ccc(O[C@@H]2O[C@H](C(=O)O)[C@@H](O)[C@H](O)[C@H]2O)c(NC(=O)CCNC(=O)CCC(C)(C)CC(C)(C)CCC(=O)C(C)(C)C)c1. The van der Waals surface area contributed by atoms with E-state index < -0.39 is 42.6 Å². The molecule has 1 saturated heterocycles. The molecule has 0 radical (unpaired) electrons. The number of hydrogen-bond donors (Lipinski definition) is 6. The third-order valence-corrected chi connectivity index (χ3v) is 8.63. The van der Waals surface area contributed by atoms with E-state index in [1.807, 2.05) is 20.8 Å². The van der Waals surface area contributed by atoms with Crippen molar-refractivity contribution < 1.29 is 49.1 Å². The van der Waals surface area contributed by atoms with E-state index in [-0.39, 0.29) is 57.8 Å². The van der Waals surface area contributed by atoms with Crippen LogP contribution in [0.5, 0.6) is 5.75 Å². The summed E-state index contributed by atoms with van der Waals surface area (Å²) in [6, 6.07) is 5.02. The fraction of sp³-hybridized carbons (Fsp3) is 0.730. The lowest BCUT2D eigenvalue weighted by molar-refractivity contribution is -0.271. The van der Waals surface area contributed by atoms with Crippen molar-refractivity contribution in [3.63, 3.8) is 0 Å². The number of carbonyl (C=O) groups excluding carboxylic acids is 3. The Balaban J connectivity index is 2.00. The van der Waals surface area contributed by atoms with Gasteiger partial charge in [-0.15, -0.1) is 0 Å². The van der Waals surface area contributed by atoms with Gasteiger partial charge in [-0.2, -0.15) is 0 Å². The maximum atomic E-state index is 13.0. The lowest BCUT2D eigenvalue weighted by atomic mass is 9.70. The van der Waals surface area contributed by atoms with E-state index in [9.17, 15) is 39.6 Å². The number of Topliss-reactive ketones (excluding diaryl/α,β-unsaturated/α-hetero) is 1. The number of carboxylic acids is 1. The molecule has 1 fully saturated rings. The first-order valence-electron chi connectivity index (χ1n) is 17.1. The second-order valence-electron chi connectivity index (χ2n) is 17.2. The molecule has 1 aromatic carbocycles. The van der Waals surface area contributed by atoms with Crippen LogP contribution >= 0.6 is 0 Å². The molecule has 12 heteroatoms. The molecule has 0 aliphatic carbocycles. The fourth-order valence-electron chi connectivity index (χ4n) is 6.14. The molecular weight excluding hydrogens is 632 g/mol. The van der Waals surface area contributed by atoms with Gasteiger partial charge >= 0.3 is 5.97 Å². The number of hydrogen-bond acceptors (Lipinski definition) is 9. The number of rotatable bonds is 16. The van der Waals surface area contributed by atoms with E-state index in [4.69, 9.17) is 9.47 Å². The van der Waals surface area contributed by atoms with E-state index in [1.165, 1.54) is 0 Å². The number of nitrogens with one attached hydrogen (secondary N) is 2. The summed E-state index contributed by atoms with van der Waals surface area (Å²) in [5, 5.41) is 45.6. The first-order chi connectivity index (χ1) is 22.3. The van der Waals surface area contributed by atoms with Gasteiger partial charge in [0.05, 0.1) is 5.69 Å². The third kappa shape index (κ3) is 14.0. The van der Waals surface area contributed by atoms with Gasteiger partial charge in [-0.25, -0.2) is 4.79 Å². The number of carbonyl (C=O) groups is 4. The van der Waals surface area contributed by atoms with Gasteiger partial charge in [0.1, 0.15) is 29.8 Å². The zero-order valence-corrected chi connectivity index (χ0v) is 31.0. The Morgan fingerprint density at radius 1 is 0.796 bits per heavy atom. The summed E-state index contributed by atoms with van der Waals surface area (Å²) in [5.41, 5.74) is 0.469. The maximum absolute atomic E-state index is 13.0. The van der Waals surface area contributed by atoms with Gasteiger partial charge in [0.15, 0.2) is 6.10 Å². The van der Waals surface area contributed by atoms with Crippen LogP contribution in [0, 0.1) is 21.7 Å². The molecule has 1 aliphatic rings. The van der Waals surface area contributed by atoms with Crippen molar-refractivity contribution >= 4 is 29.3 Å². The van der Waals surface area contributed by atoms with Crippen molar-refractivity contribution in [1.29, 1.82) is 0 Å². The number of anilines is 1. The van der Waals surface area contributed by atoms with Crippen LogP contribution in [-0.4, -0.2) is 81.2 Å². The van der Waals surface area contributed by atoms with Crippen LogP contribution in [-0.2, 0) is 30.3 Å². The smallest absolute Gasteiger partial charge is 0.335 e. The summed E-state index contributed by atoms with van der Waals surface area (Å²) >= 11 is 0. The van der Waals surface area contributed by atoms with Crippen molar-refractivity contribution in [2.75, 3.05) is 11.9 Å². The first-order valence-corrected chi connectivity index (χ1v) is 17.1. The van der Waals surface area contributed by atoms with Crippen LogP contribution in [0.4, 0.5) is 5.69 Å². The predicted octanol–water partition coefficient (Wildman–Crippen LogP) is 4.61. The molecule has 2 amide bonds. The highest BCUT2D eigenvalue weighted by Crippen LogP contribution is 2.40. The summed E-state index contributed by atoms with van der Waals surface area (Å²) in [4.78, 5) is 49.7. The van der Waals surface area contributed by atoms with Gasteiger partial charge < -0.3 is 40.5 Å². The van der Waals surface area contributed by atoms with Crippen LogP contribution in [0.2, 0.25) is 0 Å². The van der Waals surface area contributed by atoms with E-state index in [2.05, 4.69) is 59.1 Å². The molecule has 0 saturated carbocycles. The van der Waals surface area contributed by atoms with Gasteiger partial charge in [-0.1, -0.05) is 75.3 Å². The van der Waals surface area contributed by atoms with Crippen LogP contribution in [0.1, 0.15) is 113 Å². The van der Waals surface area contributed by atoms with E-state index in [0.29, 0.717) is 25.7 Å². The average Bonchev–Trinajstić information content (AvgIpc) is 2.94. The second-order valence-corrected chi connectivity index (χ2v) is 17.2. The van der Waals surface area contributed by atoms with Crippen molar-refractivity contribution in [2.24, 2.45) is 21.7 Å². The van der Waals surface area contributed by atoms with Crippen LogP contribution in [0.3, 0.4) is 0 Å². The molecule has 2 rings (SSSR count). The molecule has 5 atom stereocenters. The number of amides is 2. The lowest BCUT2D eigenvalue weighted by Gasteiger charge is -2.38. The molecule has 1 heterocycles. The Kier molecular flexibility index (Phi) is 14.4. The maximum Gasteiger partial charge on any atom is 0.335 e. The molecule has 1 aromatic rings. The van der Waals surface area contributed by atoms with E-state index >= 15 is 0 Å². The summed E-state index contributed by atoms with van der Waals surface area (Å²) in [5.74, 6) is -1.84. The number of carboxylic acid groups (broad SMARTS) is 1. The van der Waals surface area contributed by atoms with Crippen molar-refractivity contribution in [1.82, 2.24) is 5.32 Å². The quantitative estimate of drug-likeness (QED) is 0.143. The predicted molar refractivity (Wildman–Crippen MR) is 186 cm³/mol. The minimum absolute atomic E-state index is 0.0402. The monoisotopic (exact) mass is 692 g/mol. The minimum Gasteiger partial charge on any atom is -0.479 e.